The molecular formula is C11H23NO. The van der Waals surface area contributed by atoms with Gasteiger partial charge < -0.3 is 10.5 Å². The van der Waals surface area contributed by atoms with Crippen LogP contribution < -0.4 is 5.73 Å². The summed E-state index contributed by atoms with van der Waals surface area (Å²) >= 11 is 0. The van der Waals surface area contributed by atoms with Crippen LogP contribution in [0.2, 0.25) is 0 Å². The zero-order chi connectivity index (χ0) is 9.90. The van der Waals surface area contributed by atoms with E-state index in [0.717, 1.165) is 25.4 Å². The maximum Gasteiger partial charge on any atom is 0.0801 e. The summed E-state index contributed by atoms with van der Waals surface area (Å²) in [5, 5.41) is 0. The van der Waals surface area contributed by atoms with Crippen molar-refractivity contribution in [1.29, 1.82) is 0 Å². The van der Waals surface area contributed by atoms with Crippen molar-refractivity contribution in [3.63, 3.8) is 0 Å². The third kappa shape index (κ3) is 2.96. The first-order valence-electron chi connectivity index (χ1n) is 5.52. The second-order valence-electron chi connectivity index (χ2n) is 4.38. The molecule has 2 nitrogen and oxygen atoms in total. The quantitative estimate of drug-likeness (QED) is 0.689. The third-order valence-corrected chi connectivity index (χ3v) is 3.24. The van der Waals surface area contributed by atoms with E-state index in [9.17, 15) is 0 Å². The molecular weight excluding hydrogens is 162 g/mol. The van der Waals surface area contributed by atoms with Gasteiger partial charge in [0.15, 0.2) is 0 Å². The van der Waals surface area contributed by atoms with Crippen LogP contribution in [0.1, 0.15) is 46.5 Å². The van der Waals surface area contributed by atoms with Crippen LogP contribution in [0, 0.1) is 5.92 Å². The van der Waals surface area contributed by atoms with Crippen LogP contribution in [-0.4, -0.2) is 18.2 Å². The number of nitrogens with two attached hydrogens (primary N) is 1. The van der Waals surface area contributed by atoms with Crippen molar-refractivity contribution < 1.29 is 4.74 Å². The molecule has 0 spiro atoms. The molecule has 0 aromatic rings. The van der Waals surface area contributed by atoms with Crippen molar-refractivity contribution >= 4 is 0 Å². The zero-order valence-electron chi connectivity index (χ0n) is 9.18. The molecule has 0 radical (unpaired) electrons. The molecule has 1 aliphatic carbocycles. The van der Waals surface area contributed by atoms with Crippen LogP contribution in [-0.2, 0) is 4.74 Å². The molecule has 78 valence electrons. The predicted molar refractivity (Wildman–Crippen MR) is 55.6 cm³/mol. The van der Waals surface area contributed by atoms with Crippen molar-refractivity contribution in [3.05, 3.63) is 0 Å². The Morgan fingerprint density at radius 1 is 1.46 bits per heavy atom. The van der Waals surface area contributed by atoms with E-state index in [1.807, 2.05) is 6.92 Å². The summed E-state index contributed by atoms with van der Waals surface area (Å²) in [5.74, 6) is 0.890. The van der Waals surface area contributed by atoms with Gasteiger partial charge >= 0.3 is 0 Å². The monoisotopic (exact) mass is 185 g/mol. The molecule has 13 heavy (non-hydrogen) atoms. The van der Waals surface area contributed by atoms with E-state index in [4.69, 9.17) is 10.5 Å². The van der Waals surface area contributed by atoms with Crippen LogP contribution in [0.4, 0.5) is 0 Å². The van der Waals surface area contributed by atoms with Gasteiger partial charge in [0.05, 0.1) is 5.60 Å². The van der Waals surface area contributed by atoms with Crippen LogP contribution in [0.3, 0.4) is 0 Å². The molecule has 1 aliphatic rings. The van der Waals surface area contributed by atoms with E-state index in [2.05, 4.69) is 13.8 Å². The van der Waals surface area contributed by atoms with E-state index >= 15 is 0 Å². The second-order valence-corrected chi connectivity index (χ2v) is 4.38. The molecule has 1 fully saturated rings. The summed E-state index contributed by atoms with van der Waals surface area (Å²) in [7, 11) is 0. The minimum atomic E-state index is -0.0999. The van der Waals surface area contributed by atoms with Gasteiger partial charge in [-0.3, -0.25) is 0 Å². The van der Waals surface area contributed by atoms with Crippen LogP contribution >= 0.6 is 0 Å². The van der Waals surface area contributed by atoms with Gasteiger partial charge in [-0.25, -0.2) is 0 Å². The minimum Gasteiger partial charge on any atom is -0.374 e. The van der Waals surface area contributed by atoms with Crippen LogP contribution in [0.5, 0.6) is 0 Å². The first kappa shape index (κ1) is 11.0. The molecule has 0 aliphatic heterocycles. The van der Waals surface area contributed by atoms with Crippen LogP contribution in [0.25, 0.3) is 0 Å². The number of hydrogen-bond acceptors (Lipinski definition) is 2. The van der Waals surface area contributed by atoms with E-state index < -0.39 is 0 Å². The molecule has 0 aromatic carbocycles. The molecule has 0 aromatic heterocycles. The van der Waals surface area contributed by atoms with E-state index in [1.54, 1.807) is 0 Å². The maximum absolute atomic E-state index is 6.16. The molecule has 2 heteroatoms. The highest BCUT2D eigenvalue weighted by molar-refractivity contribution is 4.90. The summed E-state index contributed by atoms with van der Waals surface area (Å²) in [5.41, 5.74) is 6.06. The summed E-state index contributed by atoms with van der Waals surface area (Å²) in [6.07, 6.45) is 4.90. The summed E-state index contributed by atoms with van der Waals surface area (Å²) in [6.45, 7) is 7.10. The Hall–Kier alpha value is -0.0800. The standard InChI is InChI=1S/C11H23NO/c1-4-11(3,13-5-2)10(12)8-9-6-7-9/h9-10H,4-8,12H2,1-3H3. The predicted octanol–water partition coefficient (Wildman–Crippen LogP) is 2.32. The molecule has 2 N–H and O–H groups in total. The lowest BCUT2D eigenvalue weighted by atomic mass is 9.90. The molecule has 1 saturated carbocycles. The molecule has 0 heterocycles. The van der Waals surface area contributed by atoms with Crippen molar-refractivity contribution in [2.75, 3.05) is 6.61 Å². The Morgan fingerprint density at radius 2 is 2.08 bits per heavy atom. The number of hydrogen-bond donors (Lipinski definition) is 1. The van der Waals surface area contributed by atoms with Gasteiger partial charge in [0.2, 0.25) is 0 Å². The summed E-state index contributed by atoms with van der Waals surface area (Å²) in [6, 6.07) is 0.213. The fourth-order valence-electron chi connectivity index (χ4n) is 1.76. The molecule has 2 atom stereocenters. The maximum atomic E-state index is 6.16. The topological polar surface area (TPSA) is 35.2 Å². The molecule has 2 unspecified atom stereocenters. The Balaban J connectivity index is 2.40. The Morgan fingerprint density at radius 3 is 2.46 bits per heavy atom. The average molecular weight is 185 g/mol. The highest BCUT2D eigenvalue weighted by atomic mass is 16.5. The summed E-state index contributed by atoms with van der Waals surface area (Å²) in [4.78, 5) is 0. The van der Waals surface area contributed by atoms with Gasteiger partial charge in [0.1, 0.15) is 0 Å². The van der Waals surface area contributed by atoms with E-state index in [0.29, 0.717) is 0 Å². The van der Waals surface area contributed by atoms with Gasteiger partial charge in [-0.1, -0.05) is 19.8 Å². The Kier molecular flexibility index (Phi) is 3.74. The van der Waals surface area contributed by atoms with Crippen molar-refractivity contribution in [3.8, 4) is 0 Å². The van der Waals surface area contributed by atoms with Crippen molar-refractivity contribution in [2.24, 2.45) is 11.7 Å². The largest absolute Gasteiger partial charge is 0.374 e. The average Bonchev–Trinajstić information content (AvgIpc) is 2.88. The highest BCUT2D eigenvalue weighted by Gasteiger charge is 2.34. The highest BCUT2D eigenvalue weighted by Crippen LogP contribution is 2.36. The number of rotatable bonds is 6. The van der Waals surface area contributed by atoms with E-state index in [-0.39, 0.29) is 11.6 Å². The van der Waals surface area contributed by atoms with Crippen LogP contribution in [0.15, 0.2) is 0 Å². The van der Waals surface area contributed by atoms with Crippen molar-refractivity contribution in [1.82, 2.24) is 0 Å². The third-order valence-electron chi connectivity index (χ3n) is 3.24. The van der Waals surface area contributed by atoms with Crippen molar-refractivity contribution in [2.45, 2.75) is 58.1 Å². The van der Waals surface area contributed by atoms with Gasteiger partial charge in [0, 0.05) is 12.6 Å². The van der Waals surface area contributed by atoms with E-state index in [1.165, 1.54) is 12.8 Å². The molecule has 0 saturated heterocycles. The fourth-order valence-corrected chi connectivity index (χ4v) is 1.76. The Bertz CT molecular complexity index is 156. The lowest BCUT2D eigenvalue weighted by molar-refractivity contribution is -0.0490. The lowest BCUT2D eigenvalue weighted by Gasteiger charge is -2.34. The smallest absolute Gasteiger partial charge is 0.0801 e. The van der Waals surface area contributed by atoms with Gasteiger partial charge in [-0.05, 0) is 32.6 Å². The number of ether oxygens (including phenoxy) is 1. The molecule has 1 rings (SSSR count). The minimum absolute atomic E-state index is 0.0999. The second kappa shape index (κ2) is 4.43. The Labute approximate surface area is 81.8 Å². The first-order valence-corrected chi connectivity index (χ1v) is 5.52. The van der Waals surface area contributed by atoms with Gasteiger partial charge in [-0.2, -0.15) is 0 Å². The van der Waals surface area contributed by atoms with Gasteiger partial charge in [-0.15, -0.1) is 0 Å². The lowest BCUT2D eigenvalue weighted by Crippen LogP contribution is -2.47. The fraction of sp³-hybridized carbons (Fsp3) is 1.00. The molecule has 0 amide bonds. The normalized spacial score (nSPS) is 24.0. The SMILES string of the molecule is CCOC(C)(CC)C(N)CC1CC1. The zero-order valence-corrected chi connectivity index (χ0v) is 9.18. The first-order chi connectivity index (χ1) is 6.12. The summed E-state index contributed by atoms with van der Waals surface area (Å²) < 4.78 is 5.74. The van der Waals surface area contributed by atoms with Gasteiger partial charge in [0.25, 0.3) is 0 Å². The molecule has 0 bridgehead atoms.